The van der Waals surface area contributed by atoms with E-state index in [4.69, 9.17) is 0 Å². The molecule has 3 heteroatoms. The van der Waals surface area contributed by atoms with Crippen molar-refractivity contribution in [3.8, 4) is 0 Å². The summed E-state index contributed by atoms with van der Waals surface area (Å²) in [6.07, 6.45) is 0. The van der Waals surface area contributed by atoms with Crippen molar-refractivity contribution in [2.45, 2.75) is 6.54 Å². The van der Waals surface area contributed by atoms with E-state index >= 15 is 0 Å². The first-order valence-electron chi connectivity index (χ1n) is 4.98. The first-order chi connectivity index (χ1) is 7.75. The number of halogens is 2. The Balaban J connectivity index is 2.05. The SMILES string of the molecule is Fc1ccc(CNc2ccccc2)c(I)c1. The minimum absolute atomic E-state index is 0.187. The number of benzene rings is 2. The maximum atomic E-state index is 12.9. The molecule has 0 aliphatic rings. The summed E-state index contributed by atoms with van der Waals surface area (Å²) in [4.78, 5) is 0. The molecule has 2 aromatic rings. The molecule has 0 spiro atoms. The summed E-state index contributed by atoms with van der Waals surface area (Å²) >= 11 is 2.15. The molecule has 0 bridgehead atoms. The monoisotopic (exact) mass is 327 g/mol. The molecule has 0 aromatic heterocycles. The van der Waals surface area contributed by atoms with Crippen LogP contribution in [0.15, 0.2) is 48.5 Å². The highest BCUT2D eigenvalue weighted by Crippen LogP contribution is 2.15. The molecule has 16 heavy (non-hydrogen) atoms. The second-order valence-electron chi connectivity index (χ2n) is 3.46. The van der Waals surface area contributed by atoms with Crippen LogP contribution in [-0.4, -0.2) is 0 Å². The van der Waals surface area contributed by atoms with Crippen molar-refractivity contribution in [1.82, 2.24) is 0 Å². The summed E-state index contributed by atoms with van der Waals surface area (Å²) in [6.45, 7) is 0.711. The summed E-state index contributed by atoms with van der Waals surface area (Å²) in [5.74, 6) is -0.187. The molecule has 0 amide bonds. The van der Waals surface area contributed by atoms with Crippen LogP contribution < -0.4 is 5.32 Å². The maximum absolute atomic E-state index is 12.9. The molecule has 82 valence electrons. The topological polar surface area (TPSA) is 12.0 Å². The van der Waals surface area contributed by atoms with Crippen molar-refractivity contribution in [2.75, 3.05) is 5.32 Å². The van der Waals surface area contributed by atoms with Gasteiger partial charge in [-0.1, -0.05) is 24.3 Å². The summed E-state index contributed by atoms with van der Waals surface area (Å²) < 4.78 is 13.8. The molecular formula is C13H11FIN. The number of rotatable bonds is 3. The van der Waals surface area contributed by atoms with Gasteiger partial charge in [-0.2, -0.15) is 0 Å². The van der Waals surface area contributed by atoms with E-state index in [0.29, 0.717) is 6.54 Å². The van der Waals surface area contributed by atoms with Gasteiger partial charge in [-0.3, -0.25) is 0 Å². The summed E-state index contributed by atoms with van der Waals surface area (Å²) in [5, 5.41) is 3.29. The predicted octanol–water partition coefficient (Wildman–Crippen LogP) is 4.04. The van der Waals surface area contributed by atoms with E-state index in [1.807, 2.05) is 36.4 Å². The highest BCUT2D eigenvalue weighted by Gasteiger charge is 2.00. The largest absolute Gasteiger partial charge is 0.381 e. The van der Waals surface area contributed by atoms with Crippen molar-refractivity contribution in [1.29, 1.82) is 0 Å². The molecule has 0 heterocycles. The molecule has 0 fully saturated rings. The standard InChI is InChI=1S/C13H11FIN/c14-11-7-6-10(13(15)8-11)9-16-12-4-2-1-3-5-12/h1-8,16H,9H2. The van der Waals surface area contributed by atoms with Gasteiger partial charge in [-0.05, 0) is 52.4 Å². The number of nitrogens with one attached hydrogen (secondary N) is 1. The van der Waals surface area contributed by atoms with Gasteiger partial charge < -0.3 is 5.32 Å². The second-order valence-corrected chi connectivity index (χ2v) is 4.62. The molecule has 0 saturated carbocycles. The van der Waals surface area contributed by atoms with E-state index in [0.717, 1.165) is 14.8 Å². The third-order valence-electron chi connectivity index (χ3n) is 2.27. The third-order valence-corrected chi connectivity index (χ3v) is 3.28. The molecule has 2 rings (SSSR count). The van der Waals surface area contributed by atoms with Gasteiger partial charge in [0.25, 0.3) is 0 Å². The zero-order chi connectivity index (χ0) is 11.4. The van der Waals surface area contributed by atoms with Crippen LogP contribution in [0.2, 0.25) is 0 Å². The van der Waals surface area contributed by atoms with Crippen LogP contribution in [0.5, 0.6) is 0 Å². The third kappa shape index (κ3) is 2.95. The second kappa shape index (κ2) is 5.30. The smallest absolute Gasteiger partial charge is 0.124 e. The fourth-order valence-corrected chi connectivity index (χ4v) is 2.09. The Labute approximate surface area is 108 Å². The average molecular weight is 327 g/mol. The normalized spacial score (nSPS) is 10.1. The molecule has 0 aliphatic carbocycles. The predicted molar refractivity (Wildman–Crippen MR) is 72.9 cm³/mol. The molecule has 0 aliphatic heterocycles. The van der Waals surface area contributed by atoms with E-state index in [1.54, 1.807) is 6.07 Å². The van der Waals surface area contributed by atoms with Gasteiger partial charge in [0, 0.05) is 15.8 Å². The van der Waals surface area contributed by atoms with Crippen molar-refractivity contribution in [2.24, 2.45) is 0 Å². The maximum Gasteiger partial charge on any atom is 0.124 e. The van der Waals surface area contributed by atoms with Crippen molar-refractivity contribution < 1.29 is 4.39 Å². The van der Waals surface area contributed by atoms with Crippen molar-refractivity contribution in [3.63, 3.8) is 0 Å². The molecule has 2 aromatic carbocycles. The lowest BCUT2D eigenvalue weighted by atomic mass is 10.2. The fourth-order valence-electron chi connectivity index (χ4n) is 1.42. The van der Waals surface area contributed by atoms with E-state index in [9.17, 15) is 4.39 Å². The lowest BCUT2D eigenvalue weighted by Gasteiger charge is -2.08. The summed E-state index contributed by atoms with van der Waals surface area (Å²) in [7, 11) is 0. The van der Waals surface area contributed by atoms with Gasteiger partial charge in [-0.25, -0.2) is 4.39 Å². The van der Waals surface area contributed by atoms with Crippen LogP contribution in [0.1, 0.15) is 5.56 Å². The Morgan fingerprint density at radius 2 is 1.81 bits per heavy atom. The van der Waals surface area contributed by atoms with E-state index in [1.165, 1.54) is 6.07 Å². The Morgan fingerprint density at radius 3 is 2.50 bits per heavy atom. The highest BCUT2D eigenvalue weighted by molar-refractivity contribution is 14.1. The van der Waals surface area contributed by atoms with E-state index in [-0.39, 0.29) is 5.82 Å². The van der Waals surface area contributed by atoms with Crippen molar-refractivity contribution >= 4 is 28.3 Å². The van der Waals surface area contributed by atoms with Crippen molar-refractivity contribution in [3.05, 3.63) is 63.5 Å². The number of anilines is 1. The van der Waals surface area contributed by atoms with Crippen LogP contribution in [-0.2, 0) is 6.54 Å². The Kier molecular flexibility index (Phi) is 3.77. The Morgan fingerprint density at radius 1 is 1.06 bits per heavy atom. The summed E-state index contributed by atoms with van der Waals surface area (Å²) in [5.41, 5.74) is 2.17. The average Bonchev–Trinajstić information content (AvgIpc) is 2.29. The highest BCUT2D eigenvalue weighted by atomic mass is 127. The van der Waals surface area contributed by atoms with E-state index < -0.39 is 0 Å². The van der Waals surface area contributed by atoms with Crippen LogP contribution in [0.4, 0.5) is 10.1 Å². The first kappa shape index (κ1) is 11.4. The zero-order valence-electron chi connectivity index (χ0n) is 8.58. The summed E-state index contributed by atoms with van der Waals surface area (Å²) in [6, 6.07) is 14.8. The zero-order valence-corrected chi connectivity index (χ0v) is 10.7. The Bertz CT molecular complexity index is 471. The minimum Gasteiger partial charge on any atom is -0.381 e. The van der Waals surface area contributed by atoms with Gasteiger partial charge in [-0.15, -0.1) is 0 Å². The molecule has 1 N–H and O–H groups in total. The molecule has 0 saturated heterocycles. The number of para-hydroxylation sites is 1. The number of hydrogen-bond donors (Lipinski definition) is 1. The van der Waals surface area contributed by atoms with Gasteiger partial charge in [0.05, 0.1) is 0 Å². The van der Waals surface area contributed by atoms with Crippen LogP contribution in [0.25, 0.3) is 0 Å². The molecular weight excluding hydrogens is 316 g/mol. The fraction of sp³-hybridized carbons (Fsp3) is 0.0769. The molecule has 0 unspecified atom stereocenters. The number of hydrogen-bond acceptors (Lipinski definition) is 1. The first-order valence-corrected chi connectivity index (χ1v) is 6.06. The lowest BCUT2D eigenvalue weighted by molar-refractivity contribution is 0.626. The lowest BCUT2D eigenvalue weighted by Crippen LogP contribution is -2.01. The molecule has 1 nitrogen and oxygen atoms in total. The molecule has 0 atom stereocenters. The molecule has 0 radical (unpaired) electrons. The van der Waals surface area contributed by atoms with Crippen LogP contribution in [0.3, 0.4) is 0 Å². The quantitative estimate of drug-likeness (QED) is 0.839. The van der Waals surface area contributed by atoms with Crippen LogP contribution in [0, 0.1) is 9.39 Å². The van der Waals surface area contributed by atoms with Gasteiger partial charge in [0.2, 0.25) is 0 Å². The van der Waals surface area contributed by atoms with Crippen LogP contribution >= 0.6 is 22.6 Å². The van der Waals surface area contributed by atoms with Gasteiger partial charge in [0.1, 0.15) is 5.82 Å². The van der Waals surface area contributed by atoms with Gasteiger partial charge in [0.15, 0.2) is 0 Å². The van der Waals surface area contributed by atoms with Gasteiger partial charge >= 0.3 is 0 Å². The van der Waals surface area contributed by atoms with E-state index in [2.05, 4.69) is 27.9 Å². The Hall–Kier alpha value is -1.10. The minimum atomic E-state index is -0.187.